The molecule has 1 amide bonds. The molecule has 0 aromatic carbocycles. The molecule has 4 unspecified atom stereocenters. The summed E-state index contributed by atoms with van der Waals surface area (Å²) in [7, 11) is 0. The second-order valence-electron chi connectivity index (χ2n) is 6.40. The predicted octanol–water partition coefficient (Wildman–Crippen LogP) is 1.33. The molecule has 2 aliphatic rings. The van der Waals surface area contributed by atoms with Crippen LogP contribution in [0.2, 0.25) is 0 Å². The summed E-state index contributed by atoms with van der Waals surface area (Å²) in [4.78, 5) is 25.4. The van der Waals surface area contributed by atoms with Gasteiger partial charge >= 0.3 is 5.97 Å². The zero-order valence-corrected chi connectivity index (χ0v) is 12.5. The molecule has 2 saturated heterocycles. The monoisotopic (exact) mass is 282 g/mol. The molecular weight excluding hydrogens is 256 g/mol. The lowest BCUT2D eigenvalue weighted by atomic mass is 9.84. The third-order valence-electron chi connectivity index (χ3n) is 4.91. The Hall–Kier alpha value is -1.10. The Bertz CT molecular complexity index is 372. The summed E-state index contributed by atoms with van der Waals surface area (Å²) in [6, 6.07) is 0.263. The molecule has 0 radical (unpaired) electrons. The van der Waals surface area contributed by atoms with Crippen molar-refractivity contribution >= 4 is 11.9 Å². The van der Waals surface area contributed by atoms with E-state index < -0.39 is 5.97 Å². The van der Waals surface area contributed by atoms with E-state index in [0.717, 1.165) is 38.9 Å². The Balaban J connectivity index is 1.92. The van der Waals surface area contributed by atoms with E-state index in [1.165, 1.54) is 0 Å². The number of hydrogen-bond donors (Lipinski definition) is 2. The van der Waals surface area contributed by atoms with Gasteiger partial charge in [-0.3, -0.25) is 9.59 Å². The fraction of sp³-hybridized carbons (Fsp3) is 0.867. The van der Waals surface area contributed by atoms with Gasteiger partial charge in [0.25, 0.3) is 0 Å². The molecule has 0 aromatic heterocycles. The molecule has 20 heavy (non-hydrogen) atoms. The number of carbonyl (C=O) groups is 2. The van der Waals surface area contributed by atoms with Crippen LogP contribution in [0.25, 0.3) is 0 Å². The van der Waals surface area contributed by atoms with Crippen LogP contribution in [0.5, 0.6) is 0 Å². The topological polar surface area (TPSA) is 69.6 Å². The van der Waals surface area contributed by atoms with Crippen LogP contribution in [0.15, 0.2) is 0 Å². The first-order valence-corrected chi connectivity index (χ1v) is 7.73. The van der Waals surface area contributed by atoms with Crippen LogP contribution in [0, 0.1) is 17.8 Å². The summed E-state index contributed by atoms with van der Waals surface area (Å²) in [5.41, 5.74) is 0. The highest BCUT2D eigenvalue weighted by Gasteiger charge is 2.35. The van der Waals surface area contributed by atoms with Crippen LogP contribution in [-0.4, -0.2) is 47.6 Å². The van der Waals surface area contributed by atoms with Gasteiger partial charge in [0.1, 0.15) is 0 Å². The van der Waals surface area contributed by atoms with E-state index in [1.54, 1.807) is 0 Å². The van der Waals surface area contributed by atoms with Crippen molar-refractivity contribution in [2.45, 2.75) is 45.6 Å². The fourth-order valence-corrected chi connectivity index (χ4v) is 3.55. The van der Waals surface area contributed by atoms with Gasteiger partial charge in [0.15, 0.2) is 0 Å². The number of carboxylic acids is 1. The van der Waals surface area contributed by atoms with Crippen molar-refractivity contribution in [3.8, 4) is 0 Å². The SMILES string of the molecule is CC(CC(=O)O)C1CCCN(C(=O)C2CCNC2C)C1. The summed E-state index contributed by atoms with van der Waals surface area (Å²) in [5.74, 6) is 0.0866. The fourth-order valence-electron chi connectivity index (χ4n) is 3.55. The molecule has 0 bridgehead atoms. The van der Waals surface area contributed by atoms with Crippen LogP contribution in [0.1, 0.15) is 39.5 Å². The lowest BCUT2D eigenvalue weighted by molar-refractivity contribution is -0.139. The van der Waals surface area contributed by atoms with Gasteiger partial charge in [0, 0.05) is 25.6 Å². The predicted molar refractivity (Wildman–Crippen MR) is 76.3 cm³/mol. The summed E-state index contributed by atoms with van der Waals surface area (Å²) in [5, 5.41) is 12.2. The van der Waals surface area contributed by atoms with Crippen molar-refractivity contribution in [2.75, 3.05) is 19.6 Å². The standard InChI is InChI=1S/C15H26N2O3/c1-10(8-14(18)19)12-4-3-7-17(9-12)15(20)13-5-6-16-11(13)2/h10-13,16H,3-9H2,1-2H3,(H,18,19). The molecule has 2 rings (SSSR count). The molecule has 2 heterocycles. The molecule has 2 fully saturated rings. The molecule has 4 atom stereocenters. The van der Waals surface area contributed by atoms with E-state index >= 15 is 0 Å². The van der Waals surface area contributed by atoms with Crippen molar-refractivity contribution in [3.63, 3.8) is 0 Å². The molecule has 0 spiro atoms. The van der Waals surface area contributed by atoms with Crippen molar-refractivity contribution in [1.82, 2.24) is 10.2 Å². The quantitative estimate of drug-likeness (QED) is 0.816. The van der Waals surface area contributed by atoms with Crippen LogP contribution in [-0.2, 0) is 9.59 Å². The zero-order chi connectivity index (χ0) is 14.7. The number of nitrogens with one attached hydrogen (secondary N) is 1. The van der Waals surface area contributed by atoms with Crippen molar-refractivity contribution in [2.24, 2.45) is 17.8 Å². The lowest BCUT2D eigenvalue weighted by Crippen LogP contribution is -2.46. The summed E-state index contributed by atoms with van der Waals surface area (Å²) in [6.07, 6.45) is 3.16. The van der Waals surface area contributed by atoms with Crippen LogP contribution in [0.4, 0.5) is 0 Å². The van der Waals surface area contributed by atoms with Gasteiger partial charge in [-0.05, 0) is 44.6 Å². The Labute approximate surface area is 120 Å². The first kappa shape index (κ1) is 15.3. The third kappa shape index (κ3) is 3.51. The average molecular weight is 282 g/mol. The second kappa shape index (κ2) is 6.57. The van der Waals surface area contributed by atoms with E-state index in [-0.39, 0.29) is 30.2 Å². The maximum Gasteiger partial charge on any atom is 0.303 e. The Morgan fingerprint density at radius 3 is 2.75 bits per heavy atom. The lowest BCUT2D eigenvalue weighted by Gasteiger charge is -2.37. The summed E-state index contributed by atoms with van der Waals surface area (Å²) < 4.78 is 0. The van der Waals surface area contributed by atoms with Gasteiger partial charge in [0.05, 0.1) is 5.92 Å². The number of aliphatic carboxylic acids is 1. The first-order valence-electron chi connectivity index (χ1n) is 7.73. The number of carbonyl (C=O) groups excluding carboxylic acids is 1. The smallest absolute Gasteiger partial charge is 0.303 e. The number of carboxylic acid groups (broad SMARTS) is 1. The van der Waals surface area contributed by atoms with E-state index in [1.807, 2.05) is 11.8 Å². The normalized spacial score (nSPS) is 32.1. The Kier molecular flexibility index (Phi) is 5.02. The Morgan fingerprint density at radius 2 is 2.15 bits per heavy atom. The van der Waals surface area contributed by atoms with Gasteiger partial charge in [-0.2, -0.15) is 0 Å². The number of piperidine rings is 1. The third-order valence-corrected chi connectivity index (χ3v) is 4.91. The van der Waals surface area contributed by atoms with Gasteiger partial charge in [-0.1, -0.05) is 6.92 Å². The average Bonchev–Trinajstić information content (AvgIpc) is 2.83. The first-order chi connectivity index (χ1) is 9.49. The highest BCUT2D eigenvalue weighted by Crippen LogP contribution is 2.28. The maximum absolute atomic E-state index is 12.6. The number of likely N-dealkylation sites (tertiary alicyclic amines) is 1. The minimum Gasteiger partial charge on any atom is -0.481 e. The van der Waals surface area contributed by atoms with E-state index in [4.69, 9.17) is 5.11 Å². The molecule has 0 aliphatic carbocycles. The van der Waals surface area contributed by atoms with E-state index in [0.29, 0.717) is 5.92 Å². The second-order valence-corrected chi connectivity index (χ2v) is 6.40. The van der Waals surface area contributed by atoms with Gasteiger partial charge in [-0.15, -0.1) is 0 Å². The highest BCUT2D eigenvalue weighted by molar-refractivity contribution is 5.80. The largest absolute Gasteiger partial charge is 0.481 e. The van der Waals surface area contributed by atoms with Crippen molar-refractivity contribution < 1.29 is 14.7 Å². The summed E-state index contributed by atoms with van der Waals surface area (Å²) in [6.45, 7) is 6.55. The minimum atomic E-state index is -0.741. The minimum absolute atomic E-state index is 0.100. The summed E-state index contributed by atoms with van der Waals surface area (Å²) >= 11 is 0. The number of nitrogens with zero attached hydrogens (tertiary/aromatic N) is 1. The van der Waals surface area contributed by atoms with Gasteiger partial charge < -0.3 is 15.3 Å². The molecule has 0 aromatic rings. The van der Waals surface area contributed by atoms with Crippen LogP contribution < -0.4 is 5.32 Å². The Morgan fingerprint density at radius 1 is 1.40 bits per heavy atom. The van der Waals surface area contributed by atoms with Gasteiger partial charge in [-0.25, -0.2) is 0 Å². The molecular formula is C15H26N2O3. The van der Waals surface area contributed by atoms with E-state index in [9.17, 15) is 9.59 Å². The molecule has 2 aliphatic heterocycles. The van der Waals surface area contributed by atoms with Crippen LogP contribution >= 0.6 is 0 Å². The maximum atomic E-state index is 12.6. The molecule has 5 nitrogen and oxygen atoms in total. The number of hydrogen-bond acceptors (Lipinski definition) is 3. The number of amides is 1. The van der Waals surface area contributed by atoms with E-state index in [2.05, 4.69) is 12.2 Å². The molecule has 0 saturated carbocycles. The molecule has 2 N–H and O–H groups in total. The highest BCUT2D eigenvalue weighted by atomic mass is 16.4. The molecule has 5 heteroatoms. The van der Waals surface area contributed by atoms with Crippen molar-refractivity contribution in [1.29, 1.82) is 0 Å². The number of rotatable bonds is 4. The van der Waals surface area contributed by atoms with Gasteiger partial charge in [0.2, 0.25) is 5.91 Å². The zero-order valence-electron chi connectivity index (χ0n) is 12.5. The molecule has 114 valence electrons. The van der Waals surface area contributed by atoms with Crippen molar-refractivity contribution in [3.05, 3.63) is 0 Å². The van der Waals surface area contributed by atoms with Crippen LogP contribution in [0.3, 0.4) is 0 Å².